The Labute approximate surface area is 210 Å². The van der Waals surface area contributed by atoms with E-state index in [1.54, 1.807) is 66.7 Å². The Bertz CT molecular complexity index is 1340. The number of amides is 3. The van der Waals surface area contributed by atoms with Gasteiger partial charge in [0.15, 0.2) is 0 Å². The lowest BCUT2D eigenvalue weighted by Gasteiger charge is -2.13. The average Bonchev–Trinajstić information content (AvgIpc) is 3.08. The van der Waals surface area contributed by atoms with Crippen molar-refractivity contribution in [3.05, 3.63) is 99.2 Å². The molecular weight excluding hydrogens is 491 g/mol. The van der Waals surface area contributed by atoms with Crippen LogP contribution in [0.15, 0.2) is 71.6 Å². The molecule has 0 saturated carbocycles. The fourth-order valence-electron chi connectivity index (χ4n) is 3.32. The Hall–Kier alpha value is -3.62. The van der Waals surface area contributed by atoms with Crippen LogP contribution in [0.25, 0.3) is 6.08 Å². The molecular formula is C26H20ClFN2O4S. The van der Waals surface area contributed by atoms with Crippen molar-refractivity contribution >= 4 is 52.2 Å². The van der Waals surface area contributed by atoms with Gasteiger partial charge in [-0.25, -0.2) is 4.39 Å². The number of carbonyl (C=O) groups excluding carboxylic acids is 3. The van der Waals surface area contributed by atoms with Gasteiger partial charge >= 0.3 is 0 Å². The molecule has 0 atom stereocenters. The van der Waals surface area contributed by atoms with Crippen LogP contribution in [0.4, 0.5) is 14.9 Å². The number of rotatable bonds is 7. The number of carbonyl (C=O) groups is 3. The molecule has 1 fully saturated rings. The Balaban J connectivity index is 1.42. The molecule has 0 unspecified atom stereocenters. The Morgan fingerprint density at radius 1 is 1.11 bits per heavy atom. The summed E-state index contributed by atoms with van der Waals surface area (Å²) in [6.07, 6.45) is 1.56. The zero-order valence-corrected chi connectivity index (χ0v) is 20.2. The number of hydrogen-bond donors (Lipinski definition) is 1. The smallest absolute Gasteiger partial charge is 0.294 e. The van der Waals surface area contributed by atoms with Crippen LogP contribution in [0, 0.1) is 12.7 Å². The van der Waals surface area contributed by atoms with E-state index < -0.39 is 23.6 Å². The third-order valence-electron chi connectivity index (χ3n) is 5.16. The van der Waals surface area contributed by atoms with Gasteiger partial charge < -0.3 is 10.1 Å². The minimum atomic E-state index is -0.560. The molecule has 6 nitrogen and oxygen atoms in total. The van der Waals surface area contributed by atoms with Crippen molar-refractivity contribution in [1.29, 1.82) is 0 Å². The van der Waals surface area contributed by atoms with Crippen LogP contribution in [-0.2, 0) is 16.2 Å². The first-order valence-electron chi connectivity index (χ1n) is 10.6. The van der Waals surface area contributed by atoms with Crippen molar-refractivity contribution < 1.29 is 23.5 Å². The standard InChI is InChI=1S/C26H20ClFN2O4S/c1-16-9-10-19(27)13-22(16)29-24(31)14-30-25(32)23(35-26(30)33)12-17-5-4-7-20(11-17)34-15-18-6-2-3-8-21(18)28/h2-13H,14-15H2,1H3,(H,29,31)/b23-12+. The number of halogens is 2. The number of benzene rings is 3. The molecule has 1 aliphatic rings. The first-order valence-corrected chi connectivity index (χ1v) is 11.8. The van der Waals surface area contributed by atoms with Crippen molar-refractivity contribution in [2.75, 3.05) is 11.9 Å². The predicted molar refractivity (Wildman–Crippen MR) is 135 cm³/mol. The van der Waals surface area contributed by atoms with Gasteiger partial charge in [-0.1, -0.05) is 48.0 Å². The van der Waals surface area contributed by atoms with Crippen LogP contribution < -0.4 is 10.1 Å². The average molecular weight is 511 g/mol. The summed E-state index contributed by atoms with van der Waals surface area (Å²) >= 11 is 6.73. The monoisotopic (exact) mass is 510 g/mol. The van der Waals surface area contributed by atoms with Crippen LogP contribution in [-0.4, -0.2) is 28.5 Å². The highest BCUT2D eigenvalue weighted by Gasteiger charge is 2.36. The number of imide groups is 1. The van der Waals surface area contributed by atoms with Gasteiger partial charge in [-0.3, -0.25) is 19.3 Å². The first kappa shape index (κ1) is 24.5. The maximum absolute atomic E-state index is 13.8. The lowest BCUT2D eigenvalue weighted by atomic mass is 10.2. The number of thioether (sulfide) groups is 1. The largest absolute Gasteiger partial charge is 0.489 e. The number of hydrogen-bond acceptors (Lipinski definition) is 5. The first-order chi connectivity index (χ1) is 16.8. The number of aryl methyl sites for hydroxylation is 1. The van der Waals surface area contributed by atoms with E-state index in [0.29, 0.717) is 27.6 Å². The van der Waals surface area contributed by atoms with Gasteiger partial charge in [0.2, 0.25) is 5.91 Å². The summed E-state index contributed by atoms with van der Waals surface area (Å²) < 4.78 is 19.5. The highest BCUT2D eigenvalue weighted by atomic mass is 35.5. The molecule has 0 aromatic heterocycles. The Kier molecular flexibility index (Phi) is 7.53. The molecule has 9 heteroatoms. The van der Waals surface area contributed by atoms with Crippen molar-refractivity contribution in [2.45, 2.75) is 13.5 Å². The molecule has 4 rings (SSSR count). The molecule has 0 spiro atoms. The molecule has 3 amide bonds. The third-order valence-corrected chi connectivity index (χ3v) is 6.30. The zero-order chi connectivity index (χ0) is 24.9. The molecule has 35 heavy (non-hydrogen) atoms. The second-order valence-corrected chi connectivity index (χ2v) is 9.16. The van der Waals surface area contributed by atoms with Gasteiger partial charge in [0, 0.05) is 16.3 Å². The highest BCUT2D eigenvalue weighted by Crippen LogP contribution is 2.33. The molecule has 1 N–H and O–H groups in total. The second kappa shape index (κ2) is 10.8. The Morgan fingerprint density at radius 2 is 1.91 bits per heavy atom. The van der Waals surface area contributed by atoms with Gasteiger partial charge in [-0.05, 0) is 66.2 Å². The van der Waals surface area contributed by atoms with Crippen molar-refractivity contribution in [3.63, 3.8) is 0 Å². The number of nitrogens with zero attached hydrogens (tertiary/aromatic N) is 1. The minimum absolute atomic E-state index is 0.0495. The molecule has 3 aromatic rings. The summed E-state index contributed by atoms with van der Waals surface area (Å²) in [6, 6.07) is 18.3. The number of anilines is 1. The van der Waals surface area contributed by atoms with E-state index >= 15 is 0 Å². The summed E-state index contributed by atoms with van der Waals surface area (Å²) in [7, 11) is 0. The SMILES string of the molecule is Cc1ccc(Cl)cc1NC(=O)CN1C(=O)S/C(=C/c2cccc(OCc3ccccc3F)c2)C1=O. The molecule has 1 saturated heterocycles. The third kappa shape index (κ3) is 6.09. The van der Waals surface area contributed by atoms with E-state index in [9.17, 15) is 18.8 Å². The van der Waals surface area contributed by atoms with E-state index in [1.807, 2.05) is 6.92 Å². The van der Waals surface area contributed by atoms with Crippen LogP contribution in [0.1, 0.15) is 16.7 Å². The summed E-state index contributed by atoms with van der Waals surface area (Å²) in [5.74, 6) is -0.942. The minimum Gasteiger partial charge on any atom is -0.489 e. The van der Waals surface area contributed by atoms with Crippen molar-refractivity contribution in [3.8, 4) is 5.75 Å². The van der Waals surface area contributed by atoms with Gasteiger partial charge in [-0.2, -0.15) is 0 Å². The van der Waals surface area contributed by atoms with Crippen molar-refractivity contribution in [2.24, 2.45) is 0 Å². The molecule has 3 aromatic carbocycles. The van der Waals surface area contributed by atoms with Crippen LogP contribution in [0.3, 0.4) is 0 Å². The molecule has 1 heterocycles. The molecule has 0 radical (unpaired) electrons. The zero-order valence-electron chi connectivity index (χ0n) is 18.6. The maximum atomic E-state index is 13.8. The predicted octanol–water partition coefficient (Wildman–Crippen LogP) is 6.04. The van der Waals surface area contributed by atoms with Crippen LogP contribution in [0.2, 0.25) is 5.02 Å². The van der Waals surface area contributed by atoms with Gasteiger partial charge in [0.25, 0.3) is 11.1 Å². The van der Waals surface area contributed by atoms with Gasteiger partial charge in [0.1, 0.15) is 24.7 Å². The lowest BCUT2D eigenvalue weighted by Crippen LogP contribution is -2.36. The molecule has 178 valence electrons. The number of nitrogens with one attached hydrogen (secondary N) is 1. The highest BCUT2D eigenvalue weighted by molar-refractivity contribution is 8.18. The maximum Gasteiger partial charge on any atom is 0.294 e. The topological polar surface area (TPSA) is 75.7 Å². The van der Waals surface area contributed by atoms with E-state index in [4.69, 9.17) is 16.3 Å². The Morgan fingerprint density at radius 3 is 2.71 bits per heavy atom. The molecule has 0 bridgehead atoms. The summed E-state index contributed by atoms with van der Waals surface area (Å²) in [6.45, 7) is 1.44. The number of ether oxygens (including phenoxy) is 1. The van der Waals surface area contributed by atoms with E-state index in [1.165, 1.54) is 6.07 Å². The summed E-state index contributed by atoms with van der Waals surface area (Å²) in [4.78, 5) is 38.8. The normalized spacial score (nSPS) is 14.5. The van der Waals surface area contributed by atoms with Gasteiger partial charge in [-0.15, -0.1) is 0 Å². The quantitative estimate of drug-likeness (QED) is 0.392. The molecule has 0 aliphatic carbocycles. The summed E-state index contributed by atoms with van der Waals surface area (Å²) in [5, 5.41) is 2.60. The van der Waals surface area contributed by atoms with E-state index in [-0.39, 0.29) is 17.3 Å². The fourth-order valence-corrected chi connectivity index (χ4v) is 4.33. The van der Waals surface area contributed by atoms with Gasteiger partial charge in [0.05, 0.1) is 4.91 Å². The fraction of sp³-hybridized carbons (Fsp3) is 0.115. The van der Waals surface area contributed by atoms with E-state index in [2.05, 4.69) is 5.32 Å². The second-order valence-electron chi connectivity index (χ2n) is 7.73. The summed E-state index contributed by atoms with van der Waals surface area (Å²) in [5.41, 5.74) is 2.36. The molecule has 1 aliphatic heterocycles. The lowest BCUT2D eigenvalue weighted by molar-refractivity contribution is -0.127. The van der Waals surface area contributed by atoms with E-state index in [0.717, 1.165) is 22.2 Å². The van der Waals surface area contributed by atoms with Crippen molar-refractivity contribution in [1.82, 2.24) is 4.90 Å². The van der Waals surface area contributed by atoms with Crippen LogP contribution in [0.5, 0.6) is 5.75 Å². The van der Waals surface area contributed by atoms with Crippen LogP contribution >= 0.6 is 23.4 Å².